The van der Waals surface area contributed by atoms with Gasteiger partial charge in [0.25, 0.3) is 0 Å². The van der Waals surface area contributed by atoms with Crippen molar-refractivity contribution >= 4 is 11.5 Å². The van der Waals surface area contributed by atoms with Crippen LogP contribution >= 0.6 is 11.5 Å². The lowest BCUT2D eigenvalue weighted by atomic mass is 10.3. The molecule has 0 amide bonds. The number of quaternary nitrogens is 1. The van der Waals surface area contributed by atoms with E-state index in [2.05, 4.69) is 21.1 Å². The summed E-state index contributed by atoms with van der Waals surface area (Å²) in [5, 5.41) is 0. The predicted octanol–water partition coefficient (Wildman–Crippen LogP) is 3.68. The van der Waals surface area contributed by atoms with Gasteiger partial charge in [-0.3, -0.25) is 0 Å². The molecule has 21 heavy (non-hydrogen) atoms. The average Bonchev–Trinajstić information content (AvgIpc) is 2.46. The number of para-hydroxylation sites is 2. The third kappa shape index (κ3) is 6.10. The Morgan fingerprint density at radius 3 is 1.57 bits per heavy atom. The lowest BCUT2D eigenvalue weighted by Crippen LogP contribution is -2.37. The Kier molecular flexibility index (Phi) is 5.53. The van der Waals surface area contributed by atoms with Crippen molar-refractivity contribution in [2.45, 2.75) is 0 Å². The zero-order valence-corrected chi connectivity index (χ0v) is 13.8. The van der Waals surface area contributed by atoms with Crippen LogP contribution in [-0.4, -0.2) is 37.9 Å². The smallest absolute Gasteiger partial charge is 0.151 e. The van der Waals surface area contributed by atoms with Gasteiger partial charge < -0.3 is 12.8 Å². The first-order valence-electron chi connectivity index (χ1n) is 7.07. The van der Waals surface area contributed by atoms with Gasteiger partial charge in [-0.1, -0.05) is 36.4 Å². The molecular formula is C17H24NO2S+. The van der Waals surface area contributed by atoms with E-state index in [1.165, 1.54) is 0 Å². The minimum atomic E-state index is -0.993. The van der Waals surface area contributed by atoms with Crippen LogP contribution in [0.5, 0.6) is 11.5 Å². The van der Waals surface area contributed by atoms with Gasteiger partial charge in [-0.05, 0) is 24.3 Å². The third-order valence-electron chi connectivity index (χ3n) is 2.85. The Morgan fingerprint density at radius 1 is 0.762 bits per heavy atom. The molecule has 2 rings (SSSR count). The standard InChI is InChI=1S/C17H24NO2S/c1-18(2,3)14-15-21(19-16-10-6-4-7-11-16)20-17-12-8-5-9-13-17/h4-13,21H,14-15H2,1-3H3/q+1. The summed E-state index contributed by atoms with van der Waals surface area (Å²) in [7, 11) is 6.54. The van der Waals surface area contributed by atoms with Gasteiger partial charge in [-0.25, -0.2) is 0 Å². The van der Waals surface area contributed by atoms with Gasteiger partial charge in [0, 0.05) is 0 Å². The van der Waals surface area contributed by atoms with Crippen molar-refractivity contribution in [1.82, 2.24) is 0 Å². The van der Waals surface area contributed by atoms with E-state index in [9.17, 15) is 0 Å². The van der Waals surface area contributed by atoms with E-state index >= 15 is 0 Å². The van der Waals surface area contributed by atoms with Crippen molar-refractivity contribution in [3.8, 4) is 11.5 Å². The summed E-state index contributed by atoms with van der Waals surface area (Å²) in [5.41, 5.74) is 0. The van der Waals surface area contributed by atoms with Gasteiger partial charge in [0.05, 0.1) is 27.7 Å². The van der Waals surface area contributed by atoms with Crippen molar-refractivity contribution in [1.29, 1.82) is 0 Å². The molecule has 3 nitrogen and oxygen atoms in total. The molecule has 0 N–H and O–H groups in total. The molecule has 0 radical (unpaired) electrons. The van der Waals surface area contributed by atoms with Gasteiger partial charge in [0.2, 0.25) is 0 Å². The molecule has 4 heteroatoms. The van der Waals surface area contributed by atoms with Crippen molar-refractivity contribution in [3.05, 3.63) is 60.7 Å². The van der Waals surface area contributed by atoms with Crippen LogP contribution in [-0.2, 0) is 0 Å². The molecule has 0 aromatic heterocycles. The van der Waals surface area contributed by atoms with E-state index in [4.69, 9.17) is 8.37 Å². The predicted molar refractivity (Wildman–Crippen MR) is 90.9 cm³/mol. The van der Waals surface area contributed by atoms with E-state index in [0.29, 0.717) is 0 Å². The first-order chi connectivity index (χ1) is 10.0. The van der Waals surface area contributed by atoms with Crippen LogP contribution in [0.3, 0.4) is 0 Å². The Balaban J connectivity index is 2.03. The maximum atomic E-state index is 6.05. The molecule has 0 aliphatic heterocycles. The number of nitrogens with zero attached hydrogens (tertiary/aromatic N) is 1. The van der Waals surface area contributed by atoms with Crippen LogP contribution in [0.2, 0.25) is 0 Å². The molecule has 0 fully saturated rings. The first kappa shape index (κ1) is 15.7. The monoisotopic (exact) mass is 306 g/mol. The maximum Gasteiger partial charge on any atom is 0.151 e. The first-order valence-corrected chi connectivity index (χ1v) is 8.43. The molecule has 0 unspecified atom stereocenters. The number of benzene rings is 2. The van der Waals surface area contributed by atoms with Crippen LogP contribution in [0.4, 0.5) is 0 Å². The maximum absolute atomic E-state index is 6.05. The van der Waals surface area contributed by atoms with Crippen LogP contribution in [0.25, 0.3) is 0 Å². The largest absolute Gasteiger partial charge is 0.385 e. The van der Waals surface area contributed by atoms with Gasteiger partial charge in [0.1, 0.15) is 5.75 Å². The molecule has 0 aliphatic rings. The topological polar surface area (TPSA) is 18.5 Å². The van der Waals surface area contributed by atoms with Crippen molar-refractivity contribution in [2.75, 3.05) is 33.4 Å². The molecular weight excluding hydrogens is 282 g/mol. The Morgan fingerprint density at radius 2 is 1.19 bits per heavy atom. The normalized spacial score (nSPS) is 11.9. The van der Waals surface area contributed by atoms with E-state index in [1.54, 1.807) is 0 Å². The number of hydrogen-bond donors (Lipinski definition) is 1. The summed E-state index contributed by atoms with van der Waals surface area (Å²) in [5.74, 6) is 2.62. The second-order valence-corrected chi connectivity index (χ2v) is 7.36. The van der Waals surface area contributed by atoms with Crippen molar-refractivity contribution in [3.63, 3.8) is 0 Å². The van der Waals surface area contributed by atoms with Gasteiger partial charge >= 0.3 is 0 Å². The van der Waals surface area contributed by atoms with Crippen LogP contribution in [0, 0.1) is 0 Å². The van der Waals surface area contributed by atoms with E-state index < -0.39 is 11.5 Å². The highest BCUT2D eigenvalue weighted by Gasteiger charge is 2.12. The number of rotatable bonds is 7. The van der Waals surface area contributed by atoms with E-state index in [0.717, 1.165) is 28.3 Å². The molecule has 2 aromatic carbocycles. The second kappa shape index (κ2) is 7.38. The molecule has 2 aromatic rings. The minimum Gasteiger partial charge on any atom is -0.385 e. The molecule has 0 saturated carbocycles. The fourth-order valence-corrected chi connectivity index (χ4v) is 3.39. The lowest BCUT2D eigenvalue weighted by molar-refractivity contribution is -0.867. The molecule has 0 bridgehead atoms. The van der Waals surface area contributed by atoms with Gasteiger partial charge in [-0.2, -0.15) is 0 Å². The van der Waals surface area contributed by atoms with Gasteiger partial charge in [-0.15, -0.1) is 11.5 Å². The third-order valence-corrected chi connectivity index (χ3v) is 4.25. The van der Waals surface area contributed by atoms with Crippen LogP contribution in [0.1, 0.15) is 0 Å². The fourth-order valence-electron chi connectivity index (χ4n) is 1.69. The van der Waals surface area contributed by atoms with E-state index in [1.807, 2.05) is 60.7 Å². The quantitative estimate of drug-likeness (QED) is 0.621. The summed E-state index contributed by atoms with van der Waals surface area (Å²) in [6, 6.07) is 19.8. The van der Waals surface area contributed by atoms with Crippen molar-refractivity contribution < 1.29 is 12.8 Å². The highest BCUT2D eigenvalue weighted by atomic mass is 32.2. The Labute approximate surface area is 130 Å². The molecule has 0 spiro atoms. The van der Waals surface area contributed by atoms with Crippen LogP contribution in [0.15, 0.2) is 60.7 Å². The van der Waals surface area contributed by atoms with Gasteiger partial charge in [0.15, 0.2) is 11.5 Å². The fraction of sp³-hybridized carbons (Fsp3) is 0.294. The zero-order chi connectivity index (χ0) is 15.1. The molecule has 0 saturated heterocycles. The zero-order valence-electron chi connectivity index (χ0n) is 12.9. The minimum absolute atomic E-state index is 0.862. The lowest BCUT2D eigenvalue weighted by Gasteiger charge is -2.31. The van der Waals surface area contributed by atoms with E-state index in [-0.39, 0.29) is 0 Å². The number of hydrogen-bond acceptors (Lipinski definition) is 2. The Hall–Kier alpha value is -1.65. The second-order valence-electron chi connectivity index (χ2n) is 5.88. The summed E-state index contributed by atoms with van der Waals surface area (Å²) < 4.78 is 13.0. The van der Waals surface area contributed by atoms with Crippen LogP contribution < -0.4 is 8.37 Å². The molecule has 0 aliphatic carbocycles. The average molecular weight is 306 g/mol. The summed E-state index contributed by atoms with van der Waals surface area (Å²) in [6.45, 7) is 1.01. The molecule has 114 valence electrons. The molecule has 0 atom stereocenters. The summed E-state index contributed by atoms with van der Waals surface area (Å²) >= 11 is -0.993. The summed E-state index contributed by atoms with van der Waals surface area (Å²) in [6.07, 6.45) is 0. The Bertz CT molecular complexity index is 484. The highest BCUT2D eigenvalue weighted by Crippen LogP contribution is 2.32. The molecule has 0 heterocycles. The van der Waals surface area contributed by atoms with Crippen molar-refractivity contribution in [2.24, 2.45) is 0 Å². The SMILES string of the molecule is C[N+](C)(C)CC[SH](Oc1ccccc1)Oc1ccccc1. The number of thiol groups is 1. The highest BCUT2D eigenvalue weighted by molar-refractivity contribution is 8.09. The summed E-state index contributed by atoms with van der Waals surface area (Å²) in [4.78, 5) is 0.